The Morgan fingerprint density at radius 3 is 2.62 bits per heavy atom. The van der Waals surface area contributed by atoms with Crippen LogP contribution in [0, 0.1) is 5.92 Å². The number of methoxy groups -OCH3 is 2. The number of hydrogen-bond acceptors (Lipinski definition) is 5. The lowest BCUT2D eigenvalue weighted by Crippen LogP contribution is -2.41. The fourth-order valence-corrected chi connectivity index (χ4v) is 4.72. The Kier molecular flexibility index (Phi) is 7.43. The summed E-state index contributed by atoms with van der Waals surface area (Å²) < 4.78 is 38.7. The van der Waals surface area contributed by atoms with E-state index in [9.17, 15) is 13.2 Å². The highest BCUT2D eigenvalue weighted by molar-refractivity contribution is 7.89. The van der Waals surface area contributed by atoms with Gasteiger partial charge in [-0.3, -0.25) is 4.79 Å². The van der Waals surface area contributed by atoms with Gasteiger partial charge in [0.05, 0.1) is 13.7 Å². The Hall–Kier alpha value is -1.64. The average Bonchev–Trinajstić information content (AvgIpc) is 2.63. The quantitative estimate of drug-likeness (QED) is 0.668. The first-order chi connectivity index (χ1) is 12.4. The molecule has 0 spiro atoms. The lowest BCUT2D eigenvalue weighted by Gasteiger charge is -2.29. The molecular formula is C18H28N2O5S. The van der Waals surface area contributed by atoms with Crippen LogP contribution in [-0.4, -0.2) is 47.7 Å². The van der Waals surface area contributed by atoms with E-state index in [2.05, 4.69) is 17.0 Å². The number of ether oxygens (including phenoxy) is 2. The molecule has 0 aliphatic heterocycles. The van der Waals surface area contributed by atoms with Gasteiger partial charge < -0.3 is 14.8 Å². The van der Waals surface area contributed by atoms with Gasteiger partial charge in [0, 0.05) is 25.3 Å². The first-order valence-electron chi connectivity index (χ1n) is 8.86. The van der Waals surface area contributed by atoms with Crippen LogP contribution >= 0.6 is 0 Å². The summed E-state index contributed by atoms with van der Waals surface area (Å²) in [5.74, 6) is 0.145. The van der Waals surface area contributed by atoms with E-state index in [0.717, 1.165) is 25.7 Å². The second-order valence-electron chi connectivity index (χ2n) is 6.60. The van der Waals surface area contributed by atoms with Crippen molar-refractivity contribution in [3.63, 3.8) is 0 Å². The Morgan fingerprint density at radius 1 is 1.23 bits per heavy atom. The zero-order valence-electron chi connectivity index (χ0n) is 15.6. The summed E-state index contributed by atoms with van der Waals surface area (Å²) in [5, 5.41) is 2.68. The first-order valence-corrected chi connectivity index (χ1v) is 10.3. The van der Waals surface area contributed by atoms with Gasteiger partial charge in [0.25, 0.3) is 5.91 Å². The van der Waals surface area contributed by atoms with Crippen LogP contribution in [0.1, 0.15) is 43.0 Å². The molecule has 2 rings (SSSR count). The number of nitrogens with one attached hydrogen (secondary N) is 2. The van der Waals surface area contributed by atoms with Crippen LogP contribution < -0.4 is 14.8 Å². The number of sulfonamides is 1. The molecule has 1 aliphatic rings. The maximum atomic E-state index is 12.9. The lowest BCUT2D eigenvalue weighted by molar-refractivity contribution is 0.0937. The Balaban J connectivity index is 2.24. The minimum atomic E-state index is -3.80. The molecule has 2 N–H and O–H groups in total. The summed E-state index contributed by atoms with van der Waals surface area (Å²) in [6.07, 6.45) is 3.96. The number of carbonyl (C=O) groups is 1. The van der Waals surface area contributed by atoms with Gasteiger partial charge in [-0.05, 0) is 37.0 Å². The van der Waals surface area contributed by atoms with E-state index in [1.54, 1.807) is 13.2 Å². The van der Waals surface area contributed by atoms with Crippen LogP contribution in [-0.2, 0) is 14.8 Å². The fraction of sp³-hybridized carbons (Fsp3) is 0.611. The van der Waals surface area contributed by atoms with Gasteiger partial charge in [-0.25, -0.2) is 13.1 Å². The Labute approximate surface area is 155 Å². The van der Waals surface area contributed by atoms with Crippen LogP contribution in [0.25, 0.3) is 0 Å². The van der Waals surface area contributed by atoms with Crippen molar-refractivity contribution in [3.8, 4) is 5.75 Å². The molecule has 0 heterocycles. The van der Waals surface area contributed by atoms with Gasteiger partial charge in [-0.15, -0.1) is 0 Å². The van der Waals surface area contributed by atoms with Crippen LogP contribution in [0.4, 0.5) is 0 Å². The Bertz CT molecular complexity index is 720. The van der Waals surface area contributed by atoms with E-state index >= 15 is 0 Å². The molecule has 0 saturated heterocycles. The van der Waals surface area contributed by atoms with E-state index < -0.39 is 10.0 Å². The molecule has 1 fully saturated rings. The van der Waals surface area contributed by atoms with Crippen molar-refractivity contribution < 1.29 is 22.7 Å². The summed E-state index contributed by atoms with van der Waals surface area (Å²) in [6.45, 7) is 2.79. The summed E-state index contributed by atoms with van der Waals surface area (Å²) >= 11 is 0. The predicted octanol–water partition coefficient (Wildman–Crippen LogP) is 1.93. The molecule has 0 bridgehead atoms. The van der Waals surface area contributed by atoms with Crippen molar-refractivity contribution in [2.24, 2.45) is 5.92 Å². The van der Waals surface area contributed by atoms with E-state index in [1.807, 2.05) is 0 Å². The second-order valence-corrected chi connectivity index (χ2v) is 8.29. The van der Waals surface area contributed by atoms with Crippen molar-refractivity contribution in [2.45, 2.75) is 43.5 Å². The van der Waals surface area contributed by atoms with Crippen LogP contribution in [0.5, 0.6) is 5.75 Å². The second kappa shape index (κ2) is 9.34. The lowest BCUT2D eigenvalue weighted by atomic mass is 9.87. The number of carbonyl (C=O) groups excluding carboxylic acids is 1. The molecule has 8 heteroatoms. The molecular weight excluding hydrogens is 356 g/mol. The molecule has 1 aliphatic carbocycles. The third-order valence-electron chi connectivity index (χ3n) is 4.73. The summed E-state index contributed by atoms with van der Waals surface area (Å²) in [7, 11) is -0.840. The molecule has 0 aromatic heterocycles. The van der Waals surface area contributed by atoms with E-state index in [4.69, 9.17) is 9.47 Å². The van der Waals surface area contributed by atoms with Gasteiger partial charge in [-0.1, -0.05) is 19.8 Å². The molecule has 146 valence electrons. The average molecular weight is 384 g/mol. The highest BCUT2D eigenvalue weighted by Gasteiger charge is 2.29. The van der Waals surface area contributed by atoms with Gasteiger partial charge >= 0.3 is 0 Å². The van der Waals surface area contributed by atoms with E-state index in [1.165, 1.54) is 19.2 Å². The molecule has 0 radical (unpaired) electrons. The summed E-state index contributed by atoms with van der Waals surface area (Å²) in [5.41, 5.74) is 0.263. The first kappa shape index (κ1) is 20.7. The largest absolute Gasteiger partial charge is 0.495 e. The van der Waals surface area contributed by atoms with E-state index in [-0.39, 0.29) is 34.1 Å². The monoisotopic (exact) mass is 384 g/mol. The number of hydrogen-bond donors (Lipinski definition) is 2. The molecule has 26 heavy (non-hydrogen) atoms. The van der Waals surface area contributed by atoms with Gasteiger partial charge in [0.2, 0.25) is 10.0 Å². The van der Waals surface area contributed by atoms with Crippen LogP contribution in [0.3, 0.4) is 0 Å². The molecule has 1 amide bonds. The predicted molar refractivity (Wildman–Crippen MR) is 98.9 cm³/mol. The fourth-order valence-electron chi connectivity index (χ4n) is 3.15. The van der Waals surface area contributed by atoms with Gasteiger partial charge in [0.1, 0.15) is 10.6 Å². The molecule has 2 atom stereocenters. The maximum Gasteiger partial charge on any atom is 0.251 e. The van der Waals surface area contributed by atoms with Gasteiger partial charge in [0.15, 0.2) is 0 Å². The van der Waals surface area contributed by atoms with Crippen molar-refractivity contribution in [1.29, 1.82) is 0 Å². The molecule has 1 saturated carbocycles. The van der Waals surface area contributed by atoms with Crippen molar-refractivity contribution in [3.05, 3.63) is 23.8 Å². The van der Waals surface area contributed by atoms with Gasteiger partial charge in [-0.2, -0.15) is 0 Å². The standard InChI is InChI=1S/C18H28N2O5S/c1-13-6-4-5-7-15(13)20-26(22,23)17-12-14(8-9-16(17)25-3)18(21)19-10-11-24-2/h8-9,12-13,15,20H,4-7,10-11H2,1-3H3,(H,19,21)/t13-,15-/m0/s1. The molecule has 7 nitrogen and oxygen atoms in total. The smallest absolute Gasteiger partial charge is 0.251 e. The maximum absolute atomic E-state index is 12.9. The van der Waals surface area contributed by atoms with Crippen LogP contribution in [0.15, 0.2) is 23.1 Å². The number of benzene rings is 1. The molecule has 1 aromatic carbocycles. The minimum Gasteiger partial charge on any atom is -0.495 e. The van der Waals surface area contributed by atoms with Crippen molar-refractivity contribution >= 4 is 15.9 Å². The van der Waals surface area contributed by atoms with Crippen LogP contribution in [0.2, 0.25) is 0 Å². The zero-order chi connectivity index (χ0) is 19.2. The number of amides is 1. The molecule has 0 unspecified atom stereocenters. The molecule has 1 aromatic rings. The number of rotatable bonds is 8. The normalized spacial score (nSPS) is 20.6. The highest BCUT2D eigenvalue weighted by Crippen LogP contribution is 2.29. The van der Waals surface area contributed by atoms with Crippen molar-refractivity contribution in [1.82, 2.24) is 10.0 Å². The Morgan fingerprint density at radius 2 is 1.96 bits per heavy atom. The zero-order valence-corrected chi connectivity index (χ0v) is 16.4. The van der Waals surface area contributed by atoms with E-state index in [0.29, 0.717) is 13.2 Å². The summed E-state index contributed by atoms with van der Waals surface area (Å²) in [6, 6.07) is 4.31. The third kappa shape index (κ3) is 5.18. The summed E-state index contributed by atoms with van der Waals surface area (Å²) in [4.78, 5) is 12.2. The topological polar surface area (TPSA) is 93.7 Å². The van der Waals surface area contributed by atoms with Crippen molar-refractivity contribution in [2.75, 3.05) is 27.4 Å². The minimum absolute atomic E-state index is 0.0165. The SMILES string of the molecule is COCCNC(=O)c1ccc(OC)c(S(=O)(=O)N[C@H]2CCCC[C@@H]2C)c1. The third-order valence-corrected chi connectivity index (χ3v) is 6.24. The highest BCUT2D eigenvalue weighted by atomic mass is 32.2.